The molecule has 5 rings (SSSR count). The highest BCUT2D eigenvalue weighted by Gasteiger charge is 2.25. The van der Waals surface area contributed by atoms with E-state index in [1.54, 1.807) is 28.8 Å². The Bertz CT molecular complexity index is 1540. The van der Waals surface area contributed by atoms with Gasteiger partial charge in [-0.05, 0) is 61.1 Å². The molecule has 0 radical (unpaired) electrons. The van der Waals surface area contributed by atoms with Crippen molar-refractivity contribution < 1.29 is 13.9 Å². The maximum absolute atomic E-state index is 13.9. The maximum atomic E-state index is 13.9. The quantitative estimate of drug-likeness (QED) is 0.389. The lowest BCUT2D eigenvalue weighted by atomic mass is 9.97. The summed E-state index contributed by atoms with van der Waals surface area (Å²) in [7, 11) is 3.01. The minimum absolute atomic E-state index is 0.104. The summed E-state index contributed by atoms with van der Waals surface area (Å²) in [5.74, 6) is 0.431. The van der Waals surface area contributed by atoms with Gasteiger partial charge in [-0.1, -0.05) is 17.7 Å². The predicted molar refractivity (Wildman–Crippen MR) is 132 cm³/mol. The zero-order valence-electron chi connectivity index (χ0n) is 18.7. The number of methoxy groups -OCH3 is 2. The van der Waals surface area contributed by atoms with Crippen LogP contribution in [-0.2, 0) is 19.4 Å². The van der Waals surface area contributed by atoms with Gasteiger partial charge in [-0.25, -0.2) is 13.8 Å². The normalized spacial score (nSPS) is 13.2. The second-order valence-electron chi connectivity index (χ2n) is 8.17. The first-order valence-electron chi connectivity index (χ1n) is 10.9. The summed E-state index contributed by atoms with van der Waals surface area (Å²) in [6.45, 7) is 0.104. The summed E-state index contributed by atoms with van der Waals surface area (Å²) >= 11 is 7.78. The van der Waals surface area contributed by atoms with Crippen molar-refractivity contribution in [3.8, 4) is 17.2 Å². The molecule has 1 aliphatic carbocycles. The molecule has 0 fully saturated rings. The topological polar surface area (TPSA) is 62.5 Å². The molecule has 9 heteroatoms. The molecule has 34 heavy (non-hydrogen) atoms. The van der Waals surface area contributed by atoms with Crippen LogP contribution in [0.1, 0.15) is 28.8 Å². The molecular weight excluding hydrogens is 479 g/mol. The molecule has 0 N–H and O–H groups in total. The lowest BCUT2D eigenvalue weighted by Gasteiger charge is -2.16. The largest absolute Gasteiger partial charge is 0.497 e. The van der Waals surface area contributed by atoms with Crippen LogP contribution in [0, 0.1) is 5.82 Å². The smallest absolute Gasteiger partial charge is 0.337 e. The summed E-state index contributed by atoms with van der Waals surface area (Å²) in [4.78, 5) is 29.4. The van der Waals surface area contributed by atoms with Crippen molar-refractivity contribution in [3.05, 3.63) is 84.1 Å². The molecular formula is C25H22ClFN2O4S. The van der Waals surface area contributed by atoms with E-state index in [9.17, 15) is 14.0 Å². The van der Waals surface area contributed by atoms with Crippen LogP contribution in [0.2, 0.25) is 5.02 Å². The fraction of sp³-hybridized carbons (Fsp3) is 0.280. The number of nitrogens with zero attached hydrogens (tertiary/aromatic N) is 2. The Morgan fingerprint density at radius 1 is 1.06 bits per heavy atom. The van der Waals surface area contributed by atoms with Crippen molar-refractivity contribution in [2.45, 2.75) is 32.2 Å². The molecule has 0 aliphatic heterocycles. The number of aromatic nitrogens is 2. The van der Waals surface area contributed by atoms with Gasteiger partial charge in [0.15, 0.2) is 0 Å². The minimum Gasteiger partial charge on any atom is -0.497 e. The Hall–Kier alpha value is -3.10. The van der Waals surface area contributed by atoms with Gasteiger partial charge in [0, 0.05) is 16.0 Å². The van der Waals surface area contributed by atoms with Crippen LogP contribution in [0.4, 0.5) is 4.39 Å². The third-order valence-corrected chi connectivity index (χ3v) is 7.88. The highest BCUT2D eigenvalue weighted by Crippen LogP contribution is 2.35. The molecule has 2 heterocycles. The van der Waals surface area contributed by atoms with Gasteiger partial charge in [-0.15, -0.1) is 11.3 Å². The molecule has 0 saturated heterocycles. The zero-order valence-corrected chi connectivity index (χ0v) is 20.3. The molecule has 0 atom stereocenters. The molecule has 176 valence electrons. The van der Waals surface area contributed by atoms with E-state index in [2.05, 4.69) is 0 Å². The molecule has 0 spiro atoms. The highest BCUT2D eigenvalue weighted by atomic mass is 35.5. The van der Waals surface area contributed by atoms with Crippen LogP contribution in [-0.4, -0.2) is 23.4 Å². The SMILES string of the molecule is COc1ccc(-n2c(=O)c3c4c(sc3n(Cc3ccc(F)cc3Cl)c2=O)CCCC4)c(OC)c1. The van der Waals surface area contributed by atoms with Gasteiger partial charge in [0.25, 0.3) is 5.56 Å². The van der Waals surface area contributed by atoms with Gasteiger partial charge in [0.1, 0.15) is 22.1 Å². The minimum atomic E-state index is -0.514. The maximum Gasteiger partial charge on any atom is 0.337 e. The van der Waals surface area contributed by atoms with Crippen LogP contribution in [0.25, 0.3) is 15.9 Å². The lowest BCUT2D eigenvalue weighted by Crippen LogP contribution is -2.39. The Morgan fingerprint density at radius 2 is 1.85 bits per heavy atom. The van der Waals surface area contributed by atoms with Crippen molar-refractivity contribution in [2.24, 2.45) is 0 Å². The Labute approximate surface area is 203 Å². The first kappa shape index (κ1) is 22.7. The molecule has 2 aromatic carbocycles. The van der Waals surface area contributed by atoms with E-state index in [0.717, 1.165) is 40.7 Å². The van der Waals surface area contributed by atoms with Crippen molar-refractivity contribution in [1.82, 2.24) is 9.13 Å². The number of thiophene rings is 1. The van der Waals surface area contributed by atoms with Gasteiger partial charge >= 0.3 is 5.69 Å². The average molecular weight is 501 g/mol. The fourth-order valence-corrected chi connectivity index (χ4v) is 6.11. The van der Waals surface area contributed by atoms with Crippen LogP contribution < -0.4 is 20.7 Å². The van der Waals surface area contributed by atoms with Crippen molar-refractivity contribution in [2.75, 3.05) is 14.2 Å². The van der Waals surface area contributed by atoms with E-state index < -0.39 is 11.5 Å². The number of ether oxygens (including phenoxy) is 2. The van der Waals surface area contributed by atoms with E-state index >= 15 is 0 Å². The Morgan fingerprint density at radius 3 is 2.59 bits per heavy atom. The van der Waals surface area contributed by atoms with Gasteiger partial charge in [-0.3, -0.25) is 9.36 Å². The van der Waals surface area contributed by atoms with E-state index in [1.165, 1.54) is 37.7 Å². The number of hydrogen-bond acceptors (Lipinski definition) is 5. The second kappa shape index (κ2) is 8.92. The second-order valence-corrected chi connectivity index (χ2v) is 9.66. The van der Waals surface area contributed by atoms with Crippen molar-refractivity contribution in [1.29, 1.82) is 0 Å². The van der Waals surface area contributed by atoms with E-state index in [0.29, 0.717) is 33.0 Å². The van der Waals surface area contributed by atoms with Gasteiger partial charge in [0.2, 0.25) is 0 Å². The molecule has 6 nitrogen and oxygen atoms in total. The lowest BCUT2D eigenvalue weighted by molar-refractivity contribution is 0.392. The molecule has 0 amide bonds. The predicted octanol–water partition coefficient (Wildman–Crippen LogP) is 4.95. The number of halogens is 2. The summed E-state index contributed by atoms with van der Waals surface area (Å²) in [6, 6.07) is 9.05. The van der Waals surface area contributed by atoms with E-state index in [4.69, 9.17) is 21.1 Å². The third kappa shape index (κ3) is 3.71. The Kier molecular flexibility index (Phi) is 5.95. The summed E-state index contributed by atoms with van der Waals surface area (Å²) in [5.41, 5.74) is 1.04. The van der Waals surface area contributed by atoms with Crippen molar-refractivity contribution >= 4 is 33.2 Å². The van der Waals surface area contributed by atoms with Crippen LogP contribution in [0.5, 0.6) is 11.5 Å². The average Bonchev–Trinajstić information content (AvgIpc) is 3.23. The van der Waals surface area contributed by atoms with E-state index in [1.807, 2.05) is 0 Å². The van der Waals surface area contributed by atoms with Gasteiger partial charge < -0.3 is 9.47 Å². The molecule has 2 aromatic heterocycles. The number of aryl methyl sites for hydroxylation is 2. The molecule has 0 unspecified atom stereocenters. The number of benzene rings is 2. The molecule has 1 aliphatic rings. The Balaban J connectivity index is 1.84. The van der Waals surface area contributed by atoms with Crippen LogP contribution in [0.3, 0.4) is 0 Å². The summed E-state index contributed by atoms with van der Waals surface area (Å²) in [6.07, 6.45) is 3.71. The number of rotatable bonds is 5. The molecule has 0 bridgehead atoms. The zero-order chi connectivity index (χ0) is 24.0. The fourth-order valence-electron chi connectivity index (χ4n) is 4.51. The standard InChI is InChI=1S/C25H22ClFN2O4S/c1-32-16-9-10-19(20(12-16)33-2)29-23(30)22-17-5-3-4-6-21(17)34-24(22)28(25(29)31)13-14-7-8-15(27)11-18(14)26/h7-12H,3-6,13H2,1-2H3. The summed E-state index contributed by atoms with van der Waals surface area (Å²) in [5, 5.41) is 0.775. The third-order valence-electron chi connectivity index (χ3n) is 6.21. The monoisotopic (exact) mass is 500 g/mol. The van der Waals surface area contributed by atoms with Crippen LogP contribution in [0.15, 0.2) is 46.0 Å². The van der Waals surface area contributed by atoms with Crippen LogP contribution >= 0.6 is 22.9 Å². The highest BCUT2D eigenvalue weighted by molar-refractivity contribution is 7.18. The number of fused-ring (bicyclic) bond motifs is 3. The summed E-state index contributed by atoms with van der Waals surface area (Å²) < 4.78 is 27.1. The molecule has 0 saturated carbocycles. The first-order valence-corrected chi connectivity index (χ1v) is 12.1. The van der Waals surface area contributed by atoms with E-state index in [-0.39, 0.29) is 17.1 Å². The van der Waals surface area contributed by atoms with Crippen molar-refractivity contribution in [3.63, 3.8) is 0 Å². The van der Waals surface area contributed by atoms with Gasteiger partial charge in [0.05, 0.1) is 31.8 Å². The first-order chi connectivity index (χ1) is 16.4. The van der Waals surface area contributed by atoms with Gasteiger partial charge in [-0.2, -0.15) is 0 Å². The molecule has 4 aromatic rings. The number of hydrogen-bond donors (Lipinski definition) is 0.